The number of likely N-dealkylation sites (tertiary alicyclic amines) is 1. The van der Waals surface area contributed by atoms with Crippen LogP contribution in [0.5, 0.6) is 0 Å². The van der Waals surface area contributed by atoms with Crippen LogP contribution in [0.4, 0.5) is 0 Å². The van der Waals surface area contributed by atoms with E-state index in [1.165, 1.54) is 11.0 Å². The molecule has 1 atom stereocenters. The number of rotatable bonds is 3. The Labute approximate surface area is 167 Å². The Hall–Kier alpha value is -2.92. The first-order valence-corrected chi connectivity index (χ1v) is 10.0. The molecule has 2 N–H and O–H groups in total. The molecule has 1 aliphatic rings. The Morgan fingerprint density at radius 3 is 2.46 bits per heavy atom. The van der Waals surface area contributed by atoms with E-state index in [9.17, 15) is 9.59 Å². The van der Waals surface area contributed by atoms with Gasteiger partial charge in [-0.15, -0.1) is 0 Å². The summed E-state index contributed by atoms with van der Waals surface area (Å²) in [6.07, 6.45) is 8.35. The van der Waals surface area contributed by atoms with Gasteiger partial charge < -0.3 is 4.90 Å². The summed E-state index contributed by atoms with van der Waals surface area (Å²) in [7, 11) is 0. The van der Waals surface area contributed by atoms with E-state index in [2.05, 4.69) is 21.5 Å². The third-order valence-corrected chi connectivity index (χ3v) is 5.64. The molecule has 0 bridgehead atoms. The molecule has 1 aromatic carbocycles. The fourth-order valence-corrected chi connectivity index (χ4v) is 4.09. The highest BCUT2D eigenvalue weighted by Crippen LogP contribution is 2.23. The molecule has 0 radical (unpaired) electrons. The zero-order valence-corrected chi connectivity index (χ0v) is 16.3. The van der Waals surface area contributed by atoms with E-state index in [0.717, 1.165) is 44.3 Å². The van der Waals surface area contributed by atoms with Crippen LogP contribution < -0.4 is 10.5 Å². The summed E-state index contributed by atoms with van der Waals surface area (Å²) in [5, 5.41) is 5.45. The third-order valence-electron chi connectivity index (χ3n) is 5.24. The minimum atomic E-state index is -0.695. The molecular weight excluding hydrogens is 374 g/mol. The van der Waals surface area contributed by atoms with Gasteiger partial charge in [-0.2, -0.15) is 14.6 Å². The number of carbonyl (C=O) groups excluding carboxylic acids is 1. The van der Waals surface area contributed by atoms with E-state index in [1.807, 2.05) is 35.2 Å². The number of aromatic amines is 2. The molecule has 1 amide bonds. The van der Waals surface area contributed by atoms with Gasteiger partial charge in [0.05, 0.1) is 0 Å². The topological polar surface area (TPSA) is 88.0 Å². The Morgan fingerprint density at radius 2 is 1.75 bits per heavy atom. The van der Waals surface area contributed by atoms with Crippen LogP contribution >= 0.6 is 12.2 Å². The molecule has 3 heterocycles. The normalized spacial score (nSPS) is 16.2. The molecule has 4 rings (SSSR count). The second kappa shape index (κ2) is 7.98. The Morgan fingerprint density at radius 1 is 1.07 bits per heavy atom. The predicted molar refractivity (Wildman–Crippen MR) is 106 cm³/mol. The first-order chi connectivity index (χ1) is 13.7. The van der Waals surface area contributed by atoms with Crippen molar-refractivity contribution < 1.29 is 9.78 Å². The van der Waals surface area contributed by atoms with Gasteiger partial charge >= 0.3 is 12.0 Å². The number of hydrogen-bond acceptors (Lipinski definition) is 3. The zero-order chi connectivity index (χ0) is 19.5. The summed E-state index contributed by atoms with van der Waals surface area (Å²) < 4.78 is 1.78. The van der Waals surface area contributed by atoms with E-state index in [-0.39, 0.29) is 21.5 Å². The van der Waals surface area contributed by atoms with Gasteiger partial charge in [0.2, 0.25) is 0 Å². The van der Waals surface area contributed by atoms with E-state index in [1.54, 1.807) is 0 Å². The summed E-state index contributed by atoms with van der Waals surface area (Å²) in [5.41, 5.74) is 0.799. The number of carbonyl (C=O) groups is 1. The largest absolute Gasteiger partial charge is 0.358 e. The lowest BCUT2D eigenvalue weighted by atomic mass is 10.0. The summed E-state index contributed by atoms with van der Waals surface area (Å²) in [6, 6.07) is 8.78. The van der Waals surface area contributed by atoms with Crippen molar-refractivity contribution in [1.82, 2.24) is 19.7 Å². The van der Waals surface area contributed by atoms with E-state index in [0.29, 0.717) is 5.65 Å². The van der Waals surface area contributed by atoms with Gasteiger partial charge in [-0.25, -0.2) is 5.10 Å². The first-order valence-electron chi connectivity index (χ1n) is 9.61. The van der Waals surface area contributed by atoms with Crippen LogP contribution in [0, 0.1) is 11.0 Å². The van der Waals surface area contributed by atoms with Crippen LogP contribution in [0.25, 0.3) is 11.0 Å². The summed E-state index contributed by atoms with van der Waals surface area (Å²) in [6.45, 7) is 1.46. The Balaban J connectivity index is 1.82. The lowest BCUT2D eigenvalue weighted by Crippen LogP contribution is -2.40. The van der Waals surface area contributed by atoms with Crippen LogP contribution in [0.15, 0.2) is 35.1 Å². The molecule has 7 nitrogen and oxygen atoms in total. The van der Waals surface area contributed by atoms with Gasteiger partial charge in [0.15, 0.2) is 16.1 Å². The van der Waals surface area contributed by atoms with Crippen LogP contribution in [0.2, 0.25) is 0 Å². The second-order valence-electron chi connectivity index (χ2n) is 7.10. The second-order valence-corrected chi connectivity index (χ2v) is 7.48. The lowest BCUT2D eigenvalue weighted by Gasteiger charge is -2.28. The summed E-state index contributed by atoms with van der Waals surface area (Å²) in [5.74, 6) is -0.0337. The molecule has 2 aromatic heterocycles. The molecule has 1 fully saturated rings. The van der Waals surface area contributed by atoms with Crippen LogP contribution in [-0.2, 0) is 4.79 Å². The number of H-pyrrole nitrogens is 2. The number of fused-ring (bicyclic) bond motifs is 1. The maximum Gasteiger partial charge on any atom is 0.358 e. The van der Waals surface area contributed by atoms with Crippen molar-refractivity contribution in [1.29, 1.82) is 0 Å². The number of nitrogens with zero attached hydrogens (tertiary/aromatic N) is 3. The average Bonchev–Trinajstić information content (AvgIpc) is 3.06. The van der Waals surface area contributed by atoms with E-state index in [4.69, 9.17) is 12.2 Å². The molecule has 8 heteroatoms. The van der Waals surface area contributed by atoms with Gasteiger partial charge in [0.1, 0.15) is 0 Å². The lowest BCUT2D eigenvalue weighted by molar-refractivity contribution is -0.267. The molecule has 0 aliphatic carbocycles. The molecule has 1 saturated heterocycles. The maximum absolute atomic E-state index is 13.6. The number of amides is 1. The van der Waals surface area contributed by atoms with Crippen molar-refractivity contribution in [2.24, 2.45) is 0 Å². The first kappa shape index (κ1) is 18.4. The molecule has 1 aliphatic heterocycles. The SMILES string of the molecule is O=C(C(c1ccccc1)n1c#[n+]c2[nH][nH]c(=O)c2c1=S)N1CCCCCCC1. The smallest absolute Gasteiger partial charge is 0.339 e. The fraction of sp³-hybridized carbons (Fsp3) is 0.400. The predicted octanol–water partition coefficient (Wildman–Crippen LogP) is 2.17. The van der Waals surface area contributed by atoms with Gasteiger partial charge in [-0.05, 0) is 30.6 Å². The van der Waals surface area contributed by atoms with Gasteiger partial charge in [0.25, 0.3) is 11.5 Å². The molecule has 3 aromatic rings. The van der Waals surface area contributed by atoms with Crippen molar-refractivity contribution in [3.63, 3.8) is 0 Å². The standard InChI is InChI=1S/C20H21N5O2S/c26-18-15-17(22-23-18)21-13-25(20(15)28)16(14-9-5-4-6-10-14)19(27)24-11-7-2-1-3-8-12-24/h4-6,9-10,16H,1-3,7-8,11-12H2,(H-,22,23,26,28)/p+1. The van der Waals surface area contributed by atoms with Gasteiger partial charge in [0, 0.05) is 13.1 Å². The number of hydrogen-bond donors (Lipinski definition) is 2. The fourth-order valence-electron chi connectivity index (χ4n) is 3.75. The molecule has 0 saturated carbocycles. The van der Waals surface area contributed by atoms with Crippen molar-refractivity contribution in [2.45, 2.75) is 38.1 Å². The maximum atomic E-state index is 13.6. The highest BCUT2D eigenvalue weighted by molar-refractivity contribution is 7.71. The highest BCUT2D eigenvalue weighted by Gasteiger charge is 2.32. The molecule has 28 heavy (non-hydrogen) atoms. The highest BCUT2D eigenvalue weighted by atomic mass is 32.1. The monoisotopic (exact) mass is 396 g/mol. The van der Waals surface area contributed by atoms with Crippen LogP contribution in [-0.4, -0.2) is 38.7 Å². The Bertz CT molecular complexity index is 1080. The number of benzene rings is 1. The van der Waals surface area contributed by atoms with Crippen molar-refractivity contribution in [3.8, 4) is 0 Å². The Kier molecular flexibility index (Phi) is 5.26. The molecule has 1 unspecified atom stereocenters. The van der Waals surface area contributed by atoms with Gasteiger partial charge in [-0.3, -0.25) is 9.59 Å². The van der Waals surface area contributed by atoms with Crippen molar-refractivity contribution in [2.75, 3.05) is 13.1 Å². The zero-order valence-electron chi connectivity index (χ0n) is 15.5. The third kappa shape index (κ3) is 3.45. The summed E-state index contributed by atoms with van der Waals surface area (Å²) >= 11 is 5.56. The quantitative estimate of drug-likeness (QED) is 0.664. The van der Waals surface area contributed by atoms with Crippen LogP contribution in [0.3, 0.4) is 0 Å². The number of aromatic nitrogens is 4. The van der Waals surface area contributed by atoms with Crippen molar-refractivity contribution in [3.05, 3.63) is 57.2 Å². The molecule has 0 spiro atoms. The minimum Gasteiger partial charge on any atom is -0.339 e. The number of nitrogens with one attached hydrogen (secondary N) is 2. The van der Waals surface area contributed by atoms with E-state index < -0.39 is 6.04 Å². The van der Waals surface area contributed by atoms with E-state index >= 15 is 0 Å². The minimum absolute atomic E-state index is 0.0337. The molecular formula is C20H22N5O2S+. The van der Waals surface area contributed by atoms with Crippen molar-refractivity contribution >= 4 is 29.2 Å². The summed E-state index contributed by atoms with van der Waals surface area (Å²) in [4.78, 5) is 31.8. The molecule has 144 valence electrons. The van der Waals surface area contributed by atoms with Crippen LogP contribution in [0.1, 0.15) is 43.7 Å². The average molecular weight is 396 g/mol. The van der Waals surface area contributed by atoms with Gasteiger partial charge in [-0.1, -0.05) is 49.6 Å².